The largest absolute Gasteiger partial charge is 0.355 e. The Balaban J connectivity index is 0.00000256. The Hall–Kier alpha value is -0.280. The molecular formula is C13H27ClN2O. The third-order valence-electron chi connectivity index (χ3n) is 3.39. The summed E-state index contributed by atoms with van der Waals surface area (Å²) in [5.74, 6) is 1.34. The lowest BCUT2D eigenvalue weighted by atomic mass is 10.0. The van der Waals surface area contributed by atoms with Crippen molar-refractivity contribution < 1.29 is 4.79 Å². The van der Waals surface area contributed by atoms with E-state index in [1.54, 1.807) is 0 Å². The number of rotatable bonds is 6. The summed E-state index contributed by atoms with van der Waals surface area (Å²) in [5.41, 5.74) is 5.80. The van der Waals surface area contributed by atoms with Crippen LogP contribution >= 0.6 is 12.4 Å². The topological polar surface area (TPSA) is 55.1 Å². The molecule has 1 rings (SSSR count). The second-order valence-corrected chi connectivity index (χ2v) is 5.47. The van der Waals surface area contributed by atoms with Crippen LogP contribution in [-0.2, 0) is 4.79 Å². The summed E-state index contributed by atoms with van der Waals surface area (Å²) in [7, 11) is 0. The monoisotopic (exact) mass is 262 g/mol. The molecule has 0 spiro atoms. The van der Waals surface area contributed by atoms with Crippen LogP contribution in [0, 0.1) is 11.8 Å². The van der Waals surface area contributed by atoms with Crippen LogP contribution in [-0.4, -0.2) is 18.5 Å². The van der Waals surface area contributed by atoms with Crippen molar-refractivity contribution in [1.29, 1.82) is 0 Å². The predicted octanol–water partition coefficient (Wildman–Crippen LogP) is 2.48. The minimum atomic E-state index is -0.330. The summed E-state index contributed by atoms with van der Waals surface area (Å²) in [4.78, 5) is 11.6. The average Bonchev–Trinajstić information content (AvgIpc) is 2.69. The third kappa shape index (κ3) is 6.89. The number of halogens is 1. The molecular weight excluding hydrogens is 236 g/mol. The second kappa shape index (κ2) is 8.76. The van der Waals surface area contributed by atoms with Crippen LogP contribution in [0.1, 0.15) is 52.4 Å². The normalized spacial score (nSPS) is 17.9. The number of carbonyl (C=O) groups excluding carboxylic acids is 1. The molecule has 0 radical (unpaired) electrons. The second-order valence-electron chi connectivity index (χ2n) is 5.47. The summed E-state index contributed by atoms with van der Waals surface area (Å²) >= 11 is 0. The highest BCUT2D eigenvalue weighted by molar-refractivity contribution is 5.85. The first-order chi connectivity index (χ1) is 7.59. The summed E-state index contributed by atoms with van der Waals surface area (Å²) in [6.45, 7) is 4.98. The van der Waals surface area contributed by atoms with Crippen molar-refractivity contribution in [2.45, 2.75) is 58.4 Å². The minimum absolute atomic E-state index is 0. The van der Waals surface area contributed by atoms with Crippen LogP contribution in [0.3, 0.4) is 0 Å². The van der Waals surface area contributed by atoms with Crippen molar-refractivity contribution in [1.82, 2.24) is 5.32 Å². The van der Waals surface area contributed by atoms with Crippen molar-refractivity contribution in [3.63, 3.8) is 0 Å². The van der Waals surface area contributed by atoms with E-state index in [9.17, 15) is 4.79 Å². The van der Waals surface area contributed by atoms with E-state index in [0.29, 0.717) is 5.92 Å². The number of carbonyl (C=O) groups is 1. The van der Waals surface area contributed by atoms with Gasteiger partial charge in [0.1, 0.15) is 0 Å². The Morgan fingerprint density at radius 2 is 1.94 bits per heavy atom. The molecule has 4 heteroatoms. The molecule has 0 aromatic rings. The Morgan fingerprint density at radius 1 is 1.35 bits per heavy atom. The zero-order valence-electron chi connectivity index (χ0n) is 11.1. The number of hydrogen-bond donors (Lipinski definition) is 2. The lowest BCUT2D eigenvalue weighted by Crippen LogP contribution is -2.41. The van der Waals surface area contributed by atoms with Gasteiger partial charge in [-0.15, -0.1) is 12.4 Å². The summed E-state index contributed by atoms with van der Waals surface area (Å²) < 4.78 is 0. The van der Waals surface area contributed by atoms with Gasteiger partial charge >= 0.3 is 0 Å². The number of hydrogen-bond acceptors (Lipinski definition) is 2. The van der Waals surface area contributed by atoms with Crippen LogP contribution < -0.4 is 11.1 Å². The predicted molar refractivity (Wildman–Crippen MR) is 74.3 cm³/mol. The fourth-order valence-electron chi connectivity index (χ4n) is 2.44. The van der Waals surface area contributed by atoms with Crippen LogP contribution in [0.5, 0.6) is 0 Å². The van der Waals surface area contributed by atoms with E-state index in [2.05, 4.69) is 19.2 Å². The van der Waals surface area contributed by atoms with Crippen molar-refractivity contribution in [2.24, 2.45) is 17.6 Å². The van der Waals surface area contributed by atoms with Crippen molar-refractivity contribution in [3.05, 3.63) is 0 Å². The smallest absolute Gasteiger partial charge is 0.236 e. The molecule has 3 nitrogen and oxygen atoms in total. The number of nitrogens with two attached hydrogens (primary N) is 1. The lowest BCUT2D eigenvalue weighted by Gasteiger charge is -2.15. The van der Waals surface area contributed by atoms with Gasteiger partial charge in [0, 0.05) is 6.54 Å². The van der Waals surface area contributed by atoms with E-state index in [1.165, 1.54) is 25.7 Å². The van der Waals surface area contributed by atoms with Crippen LogP contribution in [0.15, 0.2) is 0 Å². The Morgan fingerprint density at radius 3 is 2.47 bits per heavy atom. The zero-order valence-corrected chi connectivity index (χ0v) is 11.9. The Kier molecular flexibility index (Phi) is 8.61. The quantitative estimate of drug-likeness (QED) is 0.773. The Labute approximate surface area is 111 Å². The maximum atomic E-state index is 11.6. The summed E-state index contributed by atoms with van der Waals surface area (Å²) in [6.07, 6.45) is 7.31. The molecule has 0 heterocycles. The molecule has 1 fully saturated rings. The molecule has 17 heavy (non-hydrogen) atoms. The first-order valence-corrected chi connectivity index (χ1v) is 6.63. The molecule has 1 saturated carbocycles. The number of nitrogens with one attached hydrogen (secondary N) is 1. The molecule has 3 N–H and O–H groups in total. The van der Waals surface area contributed by atoms with E-state index in [0.717, 1.165) is 25.3 Å². The molecule has 1 aliphatic carbocycles. The van der Waals surface area contributed by atoms with Gasteiger partial charge in [-0.1, -0.05) is 39.5 Å². The molecule has 0 bridgehead atoms. The molecule has 0 saturated heterocycles. The van der Waals surface area contributed by atoms with E-state index in [1.807, 2.05) is 0 Å². The summed E-state index contributed by atoms with van der Waals surface area (Å²) in [5, 5.41) is 2.95. The SMILES string of the molecule is CC(C)C[C@H](N)C(=O)NCCC1CCCC1.Cl. The van der Waals surface area contributed by atoms with E-state index < -0.39 is 0 Å². The molecule has 0 aromatic carbocycles. The van der Waals surface area contributed by atoms with Gasteiger partial charge in [0.15, 0.2) is 0 Å². The van der Waals surface area contributed by atoms with Crippen LogP contribution in [0.2, 0.25) is 0 Å². The standard InChI is InChI=1S/C13H26N2O.ClH/c1-10(2)9-12(14)13(16)15-8-7-11-5-3-4-6-11;/h10-12H,3-9,14H2,1-2H3,(H,15,16);1H/t12-;/m0./s1. The van der Waals surface area contributed by atoms with Crippen LogP contribution in [0.25, 0.3) is 0 Å². The molecule has 0 aliphatic heterocycles. The van der Waals surface area contributed by atoms with E-state index in [4.69, 9.17) is 5.73 Å². The minimum Gasteiger partial charge on any atom is -0.355 e. The van der Waals surface area contributed by atoms with Gasteiger partial charge in [0.05, 0.1) is 6.04 Å². The van der Waals surface area contributed by atoms with Gasteiger partial charge < -0.3 is 11.1 Å². The summed E-state index contributed by atoms with van der Waals surface area (Å²) in [6, 6.07) is -0.330. The van der Waals surface area contributed by atoms with E-state index >= 15 is 0 Å². The highest BCUT2D eigenvalue weighted by Crippen LogP contribution is 2.26. The van der Waals surface area contributed by atoms with Crippen molar-refractivity contribution in [3.8, 4) is 0 Å². The average molecular weight is 263 g/mol. The Bertz CT molecular complexity index is 215. The van der Waals surface area contributed by atoms with Crippen molar-refractivity contribution in [2.75, 3.05) is 6.54 Å². The van der Waals surface area contributed by atoms with Gasteiger partial charge in [0.2, 0.25) is 5.91 Å². The van der Waals surface area contributed by atoms with Gasteiger partial charge in [-0.25, -0.2) is 0 Å². The molecule has 102 valence electrons. The highest BCUT2D eigenvalue weighted by Gasteiger charge is 2.17. The van der Waals surface area contributed by atoms with Gasteiger partial charge in [-0.05, 0) is 24.7 Å². The molecule has 1 amide bonds. The third-order valence-corrected chi connectivity index (χ3v) is 3.39. The van der Waals surface area contributed by atoms with Crippen LogP contribution in [0.4, 0.5) is 0 Å². The van der Waals surface area contributed by atoms with Crippen molar-refractivity contribution >= 4 is 18.3 Å². The van der Waals surface area contributed by atoms with Gasteiger partial charge in [-0.3, -0.25) is 4.79 Å². The molecule has 1 atom stereocenters. The van der Waals surface area contributed by atoms with Gasteiger partial charge in [-0.2, -0.15) is 0 Å². The number of amides is 1. The molecule has 1 aliphatic rings. The molecule has 0 unspecified atom stereocenters. The van der Waals surface area contributed by atoms with E-state index in [-0.39, 0.29) is 24.4 Å². The lowest BCUT2D eigenvalue weighted by molar-refractivity contribution is -0.122. The first-order valence-electron chi connectivity index (χ1n) is 6.63. The highest BCUT2D eigenvalue weighted by atomic mass is 35.5. The maximum absolute atomic E-state index is 11.6. The fourth-order valence-corrected chi connectivity index (χ4v) is 2.44. The molecule has 0 aromatic heterocycles. The zero-order chi connectivity index (χ0) is 12.0. The van der Waals surface area contributed by atoms with Gasteiger partial charge in [0.25, 0.3) is 0 Å². The fraction of sp³-hybridized carbons (Fsp3) is 0.923. The first kappa shape index (κ1) is 16.7. The maximum Gasteiger partial charge on any atom is 0.236 e.